The third-order valence-electron chi connectivity index (χ3n) is 4.29. The molecule has 0 amide bonds. The van der Waals surface area contributed by atoms with Crippen molar-refractivity contribution in [2.45, 2.75) is 52.7 Å². The smallest absolute Gasteiger partial charge is 0.0597 e. The zero-order valence-electron chi connectivity index (χ0n) is 13.0. The highest BCUT2D eigenvalue weighted by Crippen LogP contribution is 2.17. The molecular weight excluding hydrogens is 236 g/mol. The largest absolute Gasteiger partial charge is 0.312 e. The molecule has 19 heavy (non-hydrogen) atoms. The van der Waals surface area contributed by atoms with E-state index >= 15 is 0 Å². The SMILES string of the molecule is Cc1cc(CN2CC(C(C)C)NCCC2C)n(C)n1. The van der Waals surface area contributed by atoms with Crippen LogP contribution in [0.4, 0.5) is 0 Å². The van der Waals surface area contributed by atoms with Gasteiger partial charge in [-0.15, -0.1) is 0 Å². The minimum absolute atomic E-state index is 0.597. The van der Waals surface area contributed by atoms with Gasteiger partial charge in [0.1, 0.15) is 0 Å². The van der Waals surface area contributed by atoms with E-state index in [4.69, 9.17) is 0 Å². The normalized spacial score (nSPS) is 25.8. The van der Waals surface area contributed by atoms with E-state index in [1.807, 2.05) is 11.7 Å². The molecule has 1 fully saturated rings. The van der Waals surface area contributed by atoms with Gasteiger partial charge in [-0.05, 0) is 38.8 Å². The van der Waals surface area contributed by atoms with Gasteiger partial charge in [0.25, 0.3) is 0 Å². The first kappa shape index (κ1) is 14.5. The molecule has 1 aliphatic rings. The maximum Gasteiger partial charge on any atom is 0.0597 e. The van der Waals surface area contributed by atoms with Crippen molar-refractivity contribution in [3.63, 3.8) is 0 Å². The molecule has 0 saturated carbocycles. The van der Waals surface area contributed by atoms with E-state index < -0.39 is 0 Å². The zero-order chi connectivity index (χ0) is 14.0. The predicted molar refractivity (Wildman–Crippen MR) is 79.1 cm³/mol. The summed E-state index contributed by atoms with van der Waals surface area (Å²) in [6.07, 6.45) is 1.22. The topological polar surface area (TPSA) is 33.1 Å². The molecule has 1 aromatic heterocycles. The lowest BCUT2D eigenvalue weighted by molar-refractivity contribution is 0.179. The lowest BCUT2D eigenvalue weighted by Gasteiger charge is -2.30. The van der Waals surface area contributed by atoms with E-state index in [1.54, 1.807) is 0 Å². The lowest BCUT2D eigenvalue weighted by atomic mass is 10.0. The zero-order valence-corrected chi connectivity index (χ0v) is 13.0. The number of aryl methyl sites for hydroxylation is 2. The van der Waals surface area contributed by atoms with Crippen LogP contribution in [0.2, 0.25) is 0 Å². The Hall–Kier alpha value is -0.870. The molecule has 0 aromatic carbocycles. The Morgan fingerprint density at radius 3 is 2.79 bits per heavy atom. The maximum atomic E-state index is 4.45. The van der Waals surface area contributed by atoms with E-state index in [0.29, 0.717) is 18.0 Å². The van der Waals surface area contributed by atoms with Gasteiger partial charge in [0.05, 0.1) is 11.4 Å². The molecule has 2 unspecified atom stereocenters. The van der Waals surface area contributed by atoms with Crippen LogP contribution in [0, 0.1) is 12.8 Å². The highest BCUT2D eigenvalue weighted by atomic mass is 15.3. The molecule has 0 spiro atoms. The van der Waals surface area contributed by atoms with Crippen LogP contribution >= 0.6 is 0 Å². The third-order valence-corrected chi connectivity index (χ3v) is 4.29. The standard InChI is InChI=1S/C15H28N4/c1-11(2)15-10-19(13(4)6-7-16-15)9-14-8-12(3)17-18(14)5/h8,11,13,15-16H,6-7,9-10H2,1-5H3. The van der Waals surface area contributed by atoms with E-state index in [9.17, 15) is 0 Å². The van der Waals surface area contributed by atoms with Crippen molar-refractivity contribution in [3.8, 4) is 0 Å². The molecule has 2 heterocycles. The average Bonchev–Trinajstić information content (AvgIpc) is 2.53. The molecule has 2 atom stereocenters. The Bertz CT molecular complexity index is 410. The Morgan fingerprint density at radius 1 is 1.47 bits per heavy atom. The number of nitrogens with one attached hydrogen (secondary N) is 1. The van der Waals surface area contributed by atoms with Gasteiger partial charge >= 0.3 is 0 Å². The van der Waals surface area contributed by atoms with Gasteiger partial charge in [-0.1, -0.05) is 13.8 Å². The second-order valence-corrected chi connectivity index (χ2v) is 6.27. The van der Waals surface area contributed by atoms with Crippen LogP contribution in [-0.2, 0) is 13.6 Å². The average molecular weight is 264 g/mol. The minimum atomic E-state index is 0.597. The van der Waals surface area contributed by atoms with Crippen LogP contribution in [0.1, 0.15) is 38.6 Å². The van der Waals surface area contributed by atoms with Crippen molar-refractivity contribution in [2.75, 3.05) is 13.1 Å². The molecule has 1 saturated heterocycles. The summed E-state index contributed by atoms with van der Waals surface area (Å²) in [6, 6.07) is 3.43. The predicted octanol–water partition coefficient (Wildman–Crippen LogP) is 1.94. The number of hydrogen-bond donors (Lipinski definition) is 1. The summed E-state index contributed by atoms with van der Waals surface area (Å²) in [5, 5.41) is 8.14. The first-order valence-electron chi connectivity index (χ1n) is 7.44. The molecule has 1 N–H and O–H groups in total. The molecule has 1 aliphatic heterocycles. The van der Waals surface area contributed by atoms with Crippen LogP contribution in [0.25, 0.3) is 0 Å². The third kappa shape index (κ3) is 3.57. The summed E-state index contributed by atoms with van der Waals surface area (Å²) in [5.74, 6) is 0.682. The molecular formula is C15H28N4. The fourth-order valence-corrected chi connectivity index (χ4v) is 2.84. The molecule has 2 rings (SSSR count). The minimum Gasteiger partial charge on any atom is -0.312 e. The maximum absolute atomic E-state index is 4.45. The van der Waals surface area contributed by atoms with Crippen LogP contribution in [0.5, 0.6) is 0 Å². The second-order valence-electron chi connectivity index (χ2n) is 6.27. The van der Waals surface area contributed by atoms with E-state index in [2.05, 4.69) is 49.1 Å². The van der Waals surface area contributed by atoms with Crippen molar-refractivity contribution >= 4 is 0 Å². The Labute approximate surface area is 117 Å². The monoisotopic (exact) mass is 264 g/mol. The van der Waals surface area contributed by atoms with Crippen LogP contribution in [0.15, 0.2) is 6.07 Å². The summed E-state index contributed by atoms with van der Waals surface area (Å²) in [5.41, 5.74) is 2.42. The molecule has 1 aromatic rings. The molecule has 108 valence electrons. The van der Waals surface area contributed by atoms with E-state index in [-0.39, 0.29) is 0 Å². The van der Waals surface area contributed by atoms with Gasteiger partial charge in [0, 0.05) is 32.2 Å². The number of nitrogens with zero attached hydrogens (tertiary/aromatic N) is 3. The number of hydrogen-bond acceptors (Lipinski definition) is 3. The van der Waals surface area contributed by atoms with Crippen LogP contribution < -0.4 is 5.32 Å². The highest BCUT2D eigenvalue weighted by Gasteiger charge is 2.25. The van der Waals surface area contributed by atoms with Gasteiger partial charge in [-0.2, -0.15) is 5.10 Å². The Balaban J connectivity index is 2.09. The first-order chi connectivity index (χ1) is 8.97. The van der Waals surface area contributed by atoms with Crippen molar-refractivity contribution in [2.24, 2.45) is 13.0 Å². The van der Waals surface area contributed by atoms with Crippen molar-refractivity contribution in [1.29, 1.82) is 0 Å². The van der Waals surface area contributed by atoms with Gasteiger partial charge < -0.3 is 5.32 Å². The molecule has 0 bridgehead atoms. The summed E-state index contributed by atoms with van der Waals surface area (Å²) >= 11 is 0. The molecule has 0 aliphatic carbocycles. The summed E-state index contributed by atoms with van der Waals surface area (Å²) in [4.78, 5) is 2.60. The van der Waals surface area contributed by atoms with Crippen molar-refractivity contribution in [3.05, 3.63) is 17.5 Å². The fourth-order valence-electron chi connectivity index (χ4n) is 2.84. The summed E-state index contributed by atoms with van der Waals surface area (Å²) in [6.45, 7) is 12.3. The fraction of sp³-hybridized carbons (Fsp3) is 0.800. The van der Waals surface area contributed by atoms with E-state index in [0.717, 1.165) is 25.3 Å². The second kappa shape index (κ2) is 6.06. The van der Waals surface area contributed by atoms with Gasteiger partial charge in [-0.3, -0.25) is 9.58 Å². The van der Waals surface area contributed by atoms with E-state index in [1.165, 1.54) is 12.1 Å². The Kier molecular flexibility index (Phi) is 4.63. The van der Waals surface area contributed by atoms with Crippen LogP contribution in [0.3, 0.4) is 0 Å². The Morgan fingerprint density at radius 2 is 2.21 bits per heavy atom. The molecule has 4 heteroatoms. The van der Waals surface area contributed by atoms with Crippen LogP contribution in [-0.4, -0.2) is 39.9 Å². The van der Waals surface area contributed by atoms with Gasteiger partial charge in [-0.25, -0.2) is 0 Å². The van der Waals surface area contributed by atoms with Gasteiger partial charge in [0.2, 0.25) is 0 Å². The summed E-state index contributed by atoms with van der Waals surface area (Å²) in [7, 11) is 2.04. The van der Waals surface area contributed by atoms with Gasteiger partial charge in [0.15, 0.2) is 0 Å². The molecule has 0 radical (unpaired) electrons. The molecule has 4 nitrogen and oxygen atoms in total. The quantitative estimate of drug-likeness (QED) is 0.905. The van der Waals surface area contributed by atoms with Crippen molar-refractivity contribution in [1.82, 2.24) is 20.0 Å². The summed E-state index contributed by atoms with van der Waals surface area (Å²) < 4.78 is 2.02. The number of aromatic nitrogens is 2. The number of rotatable bonds is 3. The first-order valence-corrected chi connectivity index (χ1v) is 7.44. The lowest BCUT2D eigenvalue weighted by Crippen LogP contribution is -2.42. The highest BCUT2D eigenvalue weighted by molar-refractivity contribution is 5.08. The van der Waals surface area contributed by atoms with Crippen molar-refractivity contribution < 1.29 is 0 Å².